The van der Waals surface area contributed by atoms with E-state index in [1.54, 1.807) is 0 Å². The number of carbonyl (C=O) groups excluding carboxylic acids is 1. The van der Waals surface area contributed by atoms with E-state index in [1.807, 2.05) is 6.92 Å². The standard InChI is InChI=1S/C13H18Cl2N2O/c1-3-4-5-6-9(2)17-13(18)10-7-11(14)12(15)16-8-10/h7-9H,3-6H2,1-2H3,(H,17,18). The van der Waals surface area contributed by atoms with Gasteiger partial charge in [0.2, 0.25) is 0 Å². The molecule has 3 nitrogen and oxygen atoms in total. The van der Waals surface area contributed by atoms with Gasteiger partial charge in [0.15, 0.2) is 0 Å². The van der Waals surface area contributed by atoms with Crippen molar-refractivity contribution in [3.05, 3.63) is 28.0 Å². The van der Waals surface area contributed by atoms with Crippen molar-refractivity contribution < 1.29 is 4.79 Å². The minimum Gasteiger partial charge on any atom is -0.350 e. The van der Waals surface area contributed by atoms with E-state index in [0.29, 0.717) is 10.6 Å². The molecule has 100 valence electrons. The van der Waals surface area contributed by atoms with Crippen LogP contribution in [0.5, 0.6) is 0 Å². The fourth-order valence-electron chi connectivity index (χ4n) is 1.63. The molecular formula is C13H18Cl2N2O. The van der Waals surface area contributed by atoms with Crippen LogP contribution in [0.1, 0.15) is 49.9 Å². The molecule has 0 saturated heterocycles. The van der Waals surface area contributed by atoms with E-state index in [0.717, 1.165) is 12.8 Å². The maximum Gasteiger partial charge on any atom is 0.253 e. The minimum atomic E-state index is -0.162. The summed E-state index contributed by atoms with van der Waals surface area (Å²) in [6.45, 7) is 4.16. The number of unbranched alkanes of at least 4 members (excludes halogenated alkanes) is 2. The van der Waals surface area contributed by atoms with Crippen molar-refractivity contribution in [2.45, 2.75) is 45.6 Å². The van der Waals surface area contributed by atoms with Crippen molar-refractivity contribution in [2.24, 2.45) is 0 Å². The zero-order chi connectivity index (χ0) is 13.5. The third-order valence-corrected chi connectivity index (χ3v) is 3.36. The van der Waals surface area contributed by atoms with Crippen LogP contribution in [0.15, 0.2) is 12.3 Å². The van der Waals surface area contributed by atoms with E-state index in [-0.39, 0.29) is 17.1 Å². The number of amides is 1. The maximum atomic E-state index is 11.9. The Labute approximate surface area is 118 Å². The van der Waals surface area contributed by atoms with Crippen LogP contribution in [0.3, 0.4) is 0 Å². The predicted octanol–water partition coefficient (Wildman–Crippen LogP) is 4.09. The van der Waals surface area contributed by atoms with Gasteiger partial charge >= 0.3 is 0 Å². The lowest BCUT2D eigenvalue weighted by Gasteiger charge is -2.13. The SMILES string of the molecule is CCCCCC(C)NC(=O)c1cnc(Cl)c(Cl)c1. The average Bonchev–Trinajstić information content (AvgIpc) is 2.33. The summed E-state index contributed by atoms with van der Waals surface area (Å²) < 4.78 is 0. The maximum absolute atomic E-state index is 11.9. The van der Waals surface area contributed by atoms with Gasteiger partial charge < -0.3 is 5.32 Å². The summed E-state index contributed by atoms with van der Waals surface area (Å²) in [6, 6.07) is 1.68. The number of carbonyl (C=O) groups is 1. The first-order chi connectivity index (χ1) is 8.54. The number of nitrogens with zero attached hydrogens (tertiary/aromatic N) is 1. The highest BCUT2D eigenvalue weighted by molar-refractivity contribution is 6.41. The highest BCUT2D eigenvalue weighted by Gasteiger charge is 2.11. The molecule has 0 aliphatic rings. The van der Waals surface area contributed by atoms with Gasteiger partial charge in [0.25, 0.3) is 5.91 Å². The summed E-state index contributed by atoms with van der Waals surface area (Å²) in [6.07, 6.45) is 5.90. The van der Waals surface area contributed by atoms with Gasteiger partial charge in [-0.15, -0.1) is 0 Å². The second-order valence-electron chi connectivity index (χ2n) is 4.37. The average molecular weight is 289 g/mol. The van der Waals surface area contributed by atoms with E-state index in [1.165, 1.54) is 25.1 Å². The summed E-state index contributed by atoms with van der Waals surface area (Å²) in [7, 11) is 0. The Morgan fingerprint density at radius 2 is 2.17 bits per heavy atom. The molecule has 1 aromatic rings. The molecule has 18 heavy (non-hydrogen) atoms. The molecule has 0 fully saturated rings. The van der Waals surface area contributed by atoms with Crippen molar-refractivity contribution in [1.29, 1.82) is 0 Å². The quantitative estimate of drug-likeness (QED) is 0.633. The second kappa shape index (κ2) is 7.59. The zero-order valence-electron chi connectivity index (χ0n) is 10.7. The molecule has 0 saturated carbocycles. The monoisotopic (exact) mass is 288 g/mol. The van der Waals surface area contributed by atoms with Crippen LogP contribution in [-0.4, -0.2) is 16.9 Å². The van der Waals surface area contributed by atoms with Crippen molar-refractivity contribution >= 4 is 29.1 Å². The first-order valence-electron chi connectivity index (χ1n) is 6.16. The number of pyridine rings is 1. The molecule has 1 aromatic heterocycles. The molecule has 1 unspecified atom stereocenters. The minimum absolute atomic E-state index is 0.151. The molecule has 1 rings (SSSR count). The molecule has 0 bridgehead atoms. The second-order valence-corrected chi connectivity index (χ2v) is 5.13. The molecule has 0 radical (unpaired) electrons. The van der Waals surface area contributed by atoms with Crippen LogP contribution < -0.4 is 5.32 Å². The van der Waals surface area contributed by atoms with Gasteiger partial charge in [-0.1, -0.05) is 49.4 Å². The van der Waals surface area contributed by atoms with Gasteiger partial charge in [0, 0.05) is 12.2 Å². The summed E-state index contributed by atoms with van der Waals surface area (Å²) in [5.41, 5.74) is 0.437. The fraction of sp³-hybridized carbons (Fsp3) is 0.538. The number of nitrogens with one attached hydrogen (secondary N) is 1. The van der Waals surface area contributed by atoms with Gasteiger partial charge in [-0.3, -0.25) is 4.79 Å². The van der Waals surface area contributed by atoms with Crippen LogP contribution in [-0.2, 0) is 0 Å². The van der Waals surface area contributed by atoms with Crippen LogP contribution in [0.2, 0.25) is 10.2 Å². The molecule has 1 atom stereocenters. The lowest BCUT2D eigenvalue weighted by atomic mass is 10.1. The lowest BCUT2D eigenvalue weighted by Crippen LogP contribution is -2.32. The topological polar surface area (TPSA) is 42.0 Å². The Hall–Kier alpha value is -0.800. The number of hydrogen-bond acceptors (Lipinski definition) is 2. The van der Waals surface area contributed by atoms with Gasteiger partial charge in [-0.05, 0) is 19.4 Å². The van der Waals surface area contributed by atoms with E-state index < -0.39 is 0 Å². The van der Waals surface area contributed by atoms with Crippen LogP contribution in [0.4, 0.5) is 0 Å². The van der Waals surface area contributed by atoms with Crippen molar-refractivity contribution in [3.8, 4) is 0 Å². The molecule has 0 aromatic carbocycles. The van der Waals surface area contributed by atoms with E-state index in [2.05, 4.69) is 17.2 Å². The Morgan fingerprint density at radius 1 is 1.44 bits per heavy atom. The van der Waals surface area contributed by atoms with Gasteiger partial charge in [0.05, 0.1) is 10.6 Å². The third kappa shape index (κ3) is 4.83. The van der Waals surface area contributed by atoms with Crippen LogP contribution in [0.25, 0.3) is 0 Å². The Kier molecular flexibility index (Phi) is 6.44. The Bertz CT molecular complexity index is 410. The van der Waals surface area contributed by atoms with E-state index in [4.69, 9.17) is 23.2 Å². The van der Waals surface area contributed by atoms with Gasteiger partial charge in [-0.25, -0.2) is 4.98 Å². The first-order valence-corrected chi connectivity index (χ1v) is 6.92. The highest BCUT2D eigenvalue weighted by atomic mass is 35.5. The zero-order valence-corrected chi connectivity index (χ0v) is 12.2. The molecule has 1 heterocycles. The number of hydrogen-bond donors (Lipinski definition) is 1. The third-order valence-electron chi connectivity index (χ3n) is 2.68. The van der Waals surface area contributed by atoms with Crippen LogP contribution >= 0.6 is 23.2 Å². The van der Waals surface area contributed by atoms with E-state index in [9.17, 15) is 4.79 Å². The Balaban J connectivity index is 2.51. The van der Waals surface area contributed by atoms with Gasteiger partial charge in [-0.2, -0.15) is 0 Å². The summed E-state index contributed by atoms with van der Waals surface area (Å²) in [4.78, 5) is 15.8. The number of halogens is 2. The fourth-order valence-corrected chi connectivity index (χ4v) is 1.89. The van der Waals surface area contributed by atoms with Crippen molar-refractivity contribution in [3.63, 3.8) is 0 Å². The van der Waals surface area contributed by atoms with Crippen molar-refractivity contribution in [1.82, 2.24) is 10.3 Å². The summed E-state index contributed by atoms with van der Waals surface area (Å²) in [5, 5.41) is 3.43. The van der Waals surface area contributed by atoms with Crippen LogP contribution in [0, 0.1) is 0 Å². The molecular weight excluding hydrogens is 271 g/mol. The van der Waals surface area contributed by atoms with Gasteiger partial charge in [0.1, 0.15) is 5.15 Å². The smallest absolute Gasteiger partial charge is 0.253 e. The Morgan fingerprint density at radius 3 is 2.78 bits per heavy atom. The molecule has 5 heteroatoms. The normalized spacial score (nSPS) is 12.2. The molecule has 0 aliphatic heterocycles. The molecule has 1 amide bonds. The highest BCUT2D eigenvalue weighted by Crippen LogP contribution is 2.19. The van der Waals surface area contributed by atoms with Crippen molar-refractivity contribution in [2.75, 3.05) is 0 Å². The number of rotatable bonds is 6. The number of aromatic nitrogens is 1. The first kappa shape index (κ1) is 15.3. The summed E-state index contributed by atoms with van der Waals surface area (Å²) >= 11 is 11.5. The molecule has 1 N–H and O–H groups in total. The van der Waals surface area contributed by atoms with E-state index >= 15 is 0 Å². The summed E-state index contributed by atoms with van der Waals surface area (Å²) in [5.74, 6) is -0.162. The lowest BCUT2D eigenvalue weighted by molar-refractivity contribution is 0.0937. The predicted molar refractivity (Wildman–Crippen MR) is 75.3 cm³/mol. The molecule has 0 aliphatic carbocycles. The molecule has 0 spiro atoms. The largest absolute Gasteiger partial charge is 0.350 e.